The zero-order chi connectivity index (χ0) is 13.1. The van der Waals surface area contributed by atoms with Crippen LogP contribution in [-0.2, 0) is 6.61 Å². The van der Waals surface area contributed by atoms with Crippen LogP contribution in [0.25, 0.3) is 11.2 Å². The first-order valence-corrected chi connectivity index (χ1v) is 6.06. The number of rotatable bonds is 4. The van der Waals surface area contributed by atoms with Crippen molar-refractivity contribution in [2.24, 2.45) is 0 Å². The second-order valence-corrected chi connectivity index (χ2v) is 4.10. The van der Waals surface area contributed by atoms with Crippen molar-refractivity contribution in [3.05, 3.63) is 48.3 Å². The first-order chi connectivity index (χ1) is 9.35. The van der Waals surface area contributed by atoms with Crippen molar-refractivity contribution in [2.75, 3.05) is 12.4 Å². The lowest BCUT2D eigenvalue weighted by atomic mass is 10.3. The van der Waals surface area contributed by atoms with E-state index >= 15 is 0 Å². The van der Waals surface area contributed by atoms with E-state index in [-0.39, 0.29) is 0 Å². The maximum absolute atomic E-state index is 5.64. The minimum Gasteiger partial charge on any atom is -0.486 e. The molecule has 96 valence electrons. The van der Waals surface area contributed by atoms with Crippen molar-refractivity contribution in [1.29, 1.82) is 0 Å². The standard InChI is InChI=1S/C14H14N4O/c1-15-12-8-7-11-14(17-12)18-13(16-11)9-19-10-5-3-2-4-6-10/h2-8H,9H2,1H3,(H2,15,16,17,18). The zero-order valence-electron chi connectivity index (χ0n) is 10.6. The largest absolute Gasteiger partial charge is 0.486 e. The molecular formula is C14H14N4O. The van der Waals surface area contributed by atoms with Crippen molar-refractivity contribution in [1.82, 2.24) is 15.0 Å². The van der Waals surface area contributed by atoms with Crippen molar-refractivity contribution in [3.63, 3.8) is 0 Å². The topological polar surface area (TPSA) is 62.8 Å². The molecule has 1 aromatic carbocycles. The number of H-pyrrole nitrogens is 1. The van der Waals surface area contributed by atoms with Gasteiger partial charge in [-0.2, -0.15) is 0 Å². The Morgan fingerprint density at radius 1 is 1.11 bits per heavy atom. The zero-order valence-corrected chi connectivity index (χ0v) is 10.6. The van der Waals surface area contributed by atoms with Crippen LogP contribution in [0.1, 0.15) is 5.82 Å². The highest BCUT2D eigenvalue weighted by Gasteiger charge is 2.05. The Bertz CT molecular complexity index is 678. The van der Waals surface area contributed by atoms with Gasteiger partial charge in [-0.1, -0.05) is 18.2 Å². The third-order valence-corrected chi connectivity index (χ3v) is 2.77. The summed E-state index contributed by atoms with van der Waals surface area (Å²) in [5, 5.41) is 2.99. The molecule has 0 unspecified atom stereocenters. The predicted molar refractivity (Wildman–Crippen MR) is 74.2 cm³/mol. The molecule has 0 aliphatic carbocycles. The fourth-order valence-electron chi connectivity index (χ4n) is 1.82. The van der Waals surface area contributed by atoms with Gasteiger partial charge in [-0.3, -0.25) is 0 Å². The van der Waals surface area contributed by atoms with Gasteiger partial charge in [-0.15, -0.1) is 0 Å². The summed E-state index contributed by atoms with van der Waals surface area (Å²) in [7, 11) is 1.83. The van der Waals surface area contributed by atoms with Crippen LogP contribution in [0.5, 0.6) is 5.75 Å². The molecule has 5 nitrogen and oxygen atoms in total. The van der Waals surface area contributed by atoms with E-state index in [2.05, 4.69) is 20.3 Å². The Morgan fingerprint density at radius 3 is 2.74 bits per heavy atom. The van der Waals surface area contributed by atoms with Crippen LogP contribution in [0.2, 0.25) is 0 Å². The molecule has 2 heterocycles. The number of para-hydroxylation sites is 1. The van der Waals surface area contributed by atoms with E-state index in [0.717, 1.165) is 22.9 Å². The van der Waals surface area contributed by atoms with Gasteiger partial charge in [0.15, 0.2) is 5.65 Å². The van der Waals surface area contributed by atoms with Crippen LogP contribution >= 0.6 is 0 Å². The first-order valence-electron chi connectivity index (χ1n) is 6.06. The number of aromatic amines is 1. The van der Waals surface area contributed by atoms with Crippen molar-refractivity contribution in [3.8, 4) is 5.75 Å². The smallest absolute Gasteiger partial charge is 0.179 e. The number of nitrogens with one attached hydrogen (secondary N) is 2. The average molecular weight is 254 g/mol. The van der Waals surface area contributed by atoms with Crippen LogP contribution in [0, 0.1) is 0 Å². The minimum absolute atomic E-state index is 0.398. The molecule has 0 atom stereocenters. The second kappa shape index (κ2) is 4.97. The van der Waals surface area contributed by atoms with E-state index in [1.54, 1.807) is 0 Å². The van der Waals surface area contributed by atoms with Crippen molar-refractivity contribution >= 4 is 17.0 Å². The van der Waals surface area contributed by atoms with Crippen LogP contribution in [0.15, 0.2) is 42.5 Å². The molecule has 0 aliphatic rings. The number of nitrogens with zero attached hydrogens (tertiary/aromatic N) is 2. The predicted octanol–water partition coefficient (Wildman–Crippen LogP) is 2.58. The molecule has 0 amide bonds. The van der Waals surface area contributed by atoms with Gasteiger partial charge in [-0.25, -0.2) is 9.97 Å². The number of imidazole rings is 1. The van der Waals surface area contributed by atoms with Gasteiger partial charge in [0.2, 0.25) is 0 Å². The number of fused-ring (bicyclic) bond motifs is 1. The summed E-state index contributed by atoms with van der Waals surface area (Å²) in [5.41, 5.74) is 1.60. The third kappa shape index (κ3) is 2.49. The van der Waals surface area contributed by atoms with Gasteiger partial charge < -0.3 is 15.0 Å². The molecule has 0 bridgehead atoms. The quantitative estimate of drug-likeness (QED) is 0.751. The van der Waals surface area contributed by atoms with Gasteiger partial charge >= 0.3 is 0 Å². The van der Waals surface area contributed by atoms with Crippen LogP contribution in [0.4, 0.5) is 5.82 Å². The monoisotopic (exact) mass is 254 g/mol. The number of pyridine rings is 1. The molecule has 2 aromatic heterocycles. The van der Waals surface area contributed by atoms with Crippen LogP contribution in [-0.4, -0.2) is 22.0 Å². The number of hydrogen-bond acceptors (Lipinski definition) is 4. The molecule has 19 heavy (non-hydrogen) atoms. The molecule has 0 spiro atoms. The lowest BCUT2D eigenvalue weighted by molar-refractivity contribution is 0.297. The van der Waals surface area contributed by atoms with Crippen LogP contribution < -0.4 is 10.1 Å². The Kier molecular flexibility index (Phi) is 3.02. The van der Waals surface area contributed by atoms with Crippen molar-refractivity contribution < 1.29 is 4.74 Å². The highest BCUT2D eigenvalue weighted by Crippen LogP contribution is 2.14. The van der Waals surface area contributed by atoms with Crippen molar-refractivity contribution in [2.45, 2.75) is 6.61 Å². The van der Waals surface area contributed by atoms with Crippen LogP contribution in [0.3, 0.4) is 0 Å². The van der Waals surface area contributed by atoms with Gasteiger partial charge in [0.25, 0.3) is 0 Å². The summed E-state index contributed by atoms with van der Waals surface area (Å²) >= 11 is 0. The molecule has 0 radical (unpaired) electrons. The summed E-state index contributed by atoms with van der Waals surface area (Å²) < 4.78 is 5.64. The number of anilines is 1. The van der Waals surface area contributed by atoms with E-state index in [9.17, 15) is 0 Å². The molecule has 0 saturated heterocycles. The SMILES string of the molecule is CNc1ccc2[nH]c(COc3ccccc3)nc2n1. The summed E-state index contributed by atoms with van der Waals surface area (Å²) in [5.74, 6) is 2.39. The average Bonchev–Trinajstić information content (AvgIpc) is 2.88. The Balaban J connectivity index is 1.78. The Hall–Kier alpha value is -2.56. The molecule has 0 saturated carbocycles. The van der Waals surface area contributed by atoms with E-state index in [1.807, 2.05) is 49.5 Å². The maximum atomic E-state index is 5.64. The molecule has 0 fully saturated rings. The third-order valence-electron chi connectivity index (χ3n) is 2.77. The van der Waals surface area contributed by atoms with E-state index in [0.29, 0.717) is 12.3 Å². The van der Waals surface area contributed by atoms with Gasteiger partial charge in [0, 0.05) is 7.05 Å². The number of benzene rings is 1. The molecule has 2 N–H and O–H groups in total. The molecule has 5 heteroatoms. The van der Waals surface area contributed by atoms with Gasteiger partial charge in [0.1, 0.15) is 24.0 Å². The molecule has 0 aliphatic heterocycles. The number of ether oxygens (including phenoxy) is 1. The summed E-state index contributed by atoms with van der Waals surface area (Å²) in [6, 6.07) is 13.5. The second-order valence-electron chi connectivity index (χ2n) is 4.10. The van der Waals surface area contributed by atoms with E-state index in [4.69, 9.17) is 4.74 Å². The fourth-order valence-corrected chi connectivity index (χ4v) is 1.82. The molecule has 3 aromatic rings. The first kappa shape index (κ1) is 11.5. The maximum Gasteiger partial charge on any atom is 0.179 e. The Labute approximate surface area is 110 Å². The lowest BCUT2D eigenvalue weighted by Crippen LogP contribution is -1.97. The van der Waals surface area contributed by atoms with E-state index < -0.39 is 0 Å². The normalized spacial score (nSPS) is 10.6. The van der Waals surface area contributed by atoms with Gasteiger partial charge in [-0.05, 0) is 24.3 Å². The van der Waals surface area contributed by atoms with Gasteiger partial charge in [0.05, 0.1) is 5.52 Å². The van der Waals surface area contributed by atoms with E-state index in [1.165, 1.54) is 0 Å². The highest BCUT2D eigenvalue weighted by atomic mass is 16.5. The number of aromatic nitrogens is 3. The fraction of sp³-hybridized carbons (Fsp3) is 0.143. The lowest BCUT2D eigenvalue weighted by Gasteiger charge is -2.02. The molecule has 3 rings (SSSR count). The number of hydrogen-bond donors (Lipinski definition) is 2. The molecular weight excluding hydrogens is 240 g/mol. The minimum atomic E-state index is 0.398. The Morgan fingerprint density at radius 2 is 1.95 bits per heavy atom. The highest BCUT2D eigenvalue weighted by molar-refractivity contribution is 5.72. The summed E-state index contributed by atoms with van der Waals surface area (Å²) in [4.78, 5) is 12.0. The summed E-state index contributed by atoms with van der Waals surface area (Å²) in [6.07, 6.45) is 0. The summed E-state index contributed by atoms with van der Waals surface area (Å²) in [6.45, 7) is 0.398.